The van der Waals surface area contributed by atoms with E-state index in [1.165, 1.54) is 12.1 Å². The maximum atomic E-state index is 13.2. The molecular formula is C12H16FNOS. The van der Waals surface area contributed by atoms with E-state index in [-0.39, 0.29) is 10.8 Å². The van der Waals surface area contributed by atoms with Crippen LogP contribution < -0.4 is 5.73 Å². The standard InChI is InChI=1S/C12H16FNOS/c1-2-3-4-15-8-9-5-10(12(14)16)7-11(13)6-9/h5-7H,2-4,8H2,1H3,(H2,14,16). The van der Waals surface area contributed by atoms with Crippen LogP contribution in [0, 0.1) is 5.82 Å². The molecule has 2 nitrogen and oxygen atoms in total. The minimum Gasteiger partial charge on any atom is -0.389 e. The first kappa shape index (κ1) is 13.1. The molecule has 0 aliphatic heterocycles. The van der Waals surface area contributed by atoms with E-state index >= 15 is 0 Å². The second kappa shape index (κ2) is 6.55. The van der Waals surface area contributed by atoms with Gasteiger partial charge in [0.05, 0.1) is 6.61 Å². The van der Waals surface area contributed by atoms with Gasteiger partial charge in [-0.2, -0.15) is 0 Å². The van der Waals surface area contributed by atoms with Gasteiger partial charge in [0, 0.05) is 12.2 Å². The topological polar surface area (TPSA) is 35.2 Å². The molecule has 0 heterocycles. The van der Waals surface area contributed by atoms with Crippen LogP contribution in [0.4, 0.5) is 4.39 Å². The summed E-state index contributed by atoms with van der Waals surface area (Å²) in [5.74, 6) is -0.334. The maximum absolute atomic E-state index is 13.2. The van der Waals surface area contributed by atoms with Gasteiger partial charge in [-0.1, -0.05) is 25.6 Å². The summed E-state index contributed by atoms with van der Waals surface area (Å²) in [6.07, 6.45) is 2.10. The van der Waals surface area contributed by atoms with Crippen molar-refractivity contribution in [1.29, 1.82) is 0 Å². The lowest BCUT2D eigenvalue weighted by molar-refractivity contribution is 0.118. The van der Waals surface area contributed by atoms with Crippen molar-refractivity contribution < 1.29 is 9.13 Å². The molecule has 0 aliphatic carbocycles. The minimum atomic E-state index is -0.334. The number of nitrogens with two attached hydrogens (primary N) is 1. The van der Waals surface area contributed by atoms with E-state index in [2.05, 4.69) is 6.92 Å². The van der Waals surface area contributed by atoms with Gasteiger partial charge in [-0.05, 0) is 30.2 Å². The van der Waals surface area contributed by atoms with Crippen LogP contribution in [0.25, 0.3) is 0 Å². The van der Waals surface area contributed by atoms with Crippen LogP contribution in [0.2, 0.25) is 0 Å². The first-order chi connectivity index (χ1) is 7.63. The SMILES string of the molecule is CCCCOCc1cc(F)cc(C(N)=S)c1. The van der Waals surface area contributed by atoms with E-state index < -0.39 is 0 Å². The van der Waals surface area contributed by atoms with Crippen molar-refractivity contribution >= 4 is 17.2 Å². The lowest BCUT2D eigenvalue weighted by Gasteiger charge is -2.06. The van der Waals surface area contributed by atoms with Crippen molar-refractivity contribution in [2.75, 3.05) is 6.61 Å². The van der Waals surface area contributed by atoms with Gasteiger partial charge >= 0.3 is 0 Å². The van der Waals surface area contributed by atoms with Crippen molar-refractivity contribution in [3.63, 3.8) is 0 Å². The zero-order valence-corrected chi connectivity index (χ0v) is 10.1. The first-order valence-electron chi connectivity index (χ1n) is 5.30. The lowest BCUT2D eigenvalue weighted by Crippen LogP contribution is -2.10. The molecule has 0 saturated heterocycles. The summed E-state index contributed by atoms with van der Waals surface area (Å²) in [7, 11) is 0. The Morgan fingerprint density at radius 2 is 2.19 bits per heavy atom. The van der Waals surface area contributed by atoms with E-state index in [1.54, 1.807) is 6.07 Å². The third kappa shape index (κ3) is 4.24. The largest absolute Gasteiger partial charge is 0.389 e. The van der Waals surface area contributed by atoms with E-state index in [9.17, 15) is 4.39 Å². The number of halogens is 1. The Bertz CT molecular complexity index is 368. The second-order valence-corrected chi connectivity index (χ2v) is 4.06. The molecule has 0 saturated carbocycles. The zero-order chi connectivity index (χ0) is 12.0. The molecule has 0 radical (unpaired) electrons. The molecule has 16 heavy (non-hydrogen) atoms. The van der Waals surface area contributed by atoms with Crippen molar-refractivity contribution in [3.8, 4) is 0 Å². The molecule has 2 N–H and O–H groups in total. The number of hydrogen-bond donors (Lipinski definition) is 1. The molecule has 1 aromatic rings. The van der Waals surface area contributed by atoms with Crippen LogP contribution in [0.15, 0.2) is 18.2 Å². The average Bonchev–Trinajstić information content (AvgIpc) is 2.23. The quantitative estimate of drug-likeness (QED) is 0.614. The third-order valence-corrected chi connectivity index (χ3v) is 2.39. The molecule has 0 fully saturated rings. The monoisotopic (exact) mass is 241 g/mol. The Kier molecular flexibility index (Phi) is 5.35. The number of benzene rings is 1. The van der Waals surface area contributed by atoms with Crippen LogP contribution >= 0.6 is 12.2 Å². The van der Waals surface area contributed by atoms with E-state index in [1.807, 2.05) is 0 Å². The van der Waals surface area contributed by atoms with E-state index in [4.69, 9.17) is 22.7 Å². The smallest absolute Gasteiger partial charge is 0.124 e. The lowest BCUT2D eigenvalue weighted by atomic mass is 10.1. The molecule has 0 aliphatic rings. The third-order valence-electron chi connectivity index (χ3n) is 2.15. The van der Waals surface area contributed by atoms with Gasteiger partial charge in [0.2, 0.25) is 0 Å². The highest BCUT2D eigenvalue weighted by Gasteiger charge is 2.03. The number of rotatable bonds is 6. The Balaban J connectivity index is 2.62. The first-order valence-corrected chi connectivity index (χ1v) is 5.71. The Hall–Kier alpha value is -1.00. The summed E-state index contributed by atoms with van der Waals surface area (Å²) < 4.78 is 18.6. The summed E-state index contributed by atoms with van der Waals surface area (Å²) >= 11 is 4.81. The number of unbranched alkanes of at least 4 members (excludes halogenated alkanes) is 1. The van der Waals surface area contributed by atoms with Crippen molar-refractivity contribution in [1.82, 2.24) is 0 Å². The summed E-state index contributed by atoms with van der Waals surface area (Å²) in [6.45, 7) is 3.18. The van der Waals surface area contributed by atoms with Crippen LogP contribution in [-0.4, -0.2) is 11.6 Å². The van der Waals surface area contributed by atoms with Gasteiger partial charge in [0.1, 0.15) is 10.8 Å². The molecule has 0 aromatic heterocycles. The van der Waals surface area contributed by atoms with Gasteiger partial charge in [-0.25, -0.2) is 4.39 Å². The Morgan fingerprint density at radius 1 is 1.44 bits per heavy atom. The maximum Gasteiger partial charge on any atom is 0.124 e. The molecule has 1 rings (SSSR count). The fourth-order valence-corrected chi connectivity index (χ4v) is 1.43. The second-order valence-electron chi connectivity index (χ2n) is 3.62. The molecule has 0 bridgehead atoms. The van der Waals surface area contributed by atoms with Crippen LogP contribution in [0.3, 0.4) is 0 Å². The highest BCUT2D eigenvalue weighted by Crippen LogP contribution is 2.10. The average molecular weight is 241 g/mol. The van der Waals surface area contributed by atoms with Gasteiger partial charge < -0.3 is 10.5 Å². The van der Waals surface area contributed by atoms with Gasteiger partial charge in [0.25, 0.3) is 0 Å². The molecule has 0 spiro atoms. The van der Waals surface area contributed by atoms with Crippen LogP contribution in [0.1, 0.15) is 30.9 Å². The normalized spacial score (nSPS) is 10.4. The number of ether oxygens (including phenoxy) is 1. The number of hydrogen-bond acceptors (Lipinski definition) is 2. The summed E-state index contributed by atoms with van der Waals surface area (Å²) in [6, 6.07) is 4.53. The molecule has 4 heteroatoms. The molecular weight excluding hydrogens is 225 g/mol. The minimum absolute atomic E-state index is 0.203. The Morgan fingerprint density at radius 3 is 2.81 bits per heavy atom. The zero-order valence-electron chi connectivity index (χ0n) is 9.33. The van der Waals surface area contributed by atoms with Gasteiger partial charge in [-0.3, -0.25) is 0 Å². The van der Waals surface area contributed by atoms with Crippen molar-refractivity contribution in [3.05, 3.63) is 35.1 Å². The molecule has 0 unspecified atom stereocenters. The van der Waals surface area contributed by atoms with Crippen molar-refractivity contribution in [2.24, 2.45) is 5.73 Å². The fraction of sp³-hybridized carbons (Fsp3) is 0.417. The molecule has 88 valence electrons. The van der Waals surface area contributed by atoms with E-state index in [0.29, 0.717) is 18.8 Å². The molecule has 0 amide bonds. The molecule has 0 atom stereocenters. The van der Waals surface area contributed by atoms with Gasteiger partial charge in [0.15, 0.2) is 0 Å². The van der Waals surface area contributed by atoms with Crippen LogP contribution in [-0.2, 0) is 11.3 Å². The predicted molar refractivity (Wildman–Crippen MR) is 66.9 cm³/mol. The predicted octanol–water partition coefficient (Wildman–Crippen LogP) is 2.78. The van der Waals surface area contributed by atoms with Gasteiger partial charge in [-0.15, -0.1) is 0 Å². The Labute approximate surface area is 101 Å². The highest BCUT2D eigenvalue weighted by atomic mass is 32.1. The van der Waals surface area contributed by atoms with E-state index in [0.717, 1.165) is 18.4 Å². The summed E-state index contributed by atoms with van der Waals surface area (Å²) in [5.41, 5.74) is 6.76. The van der Waals surface area contributed by atoms with Crippen molar-refractivity contribution in [2.45, 2.75) is 26.4 Å². The summed E-state index contributed by atoms with van der Waals surface area (Å²) in [5, 5.41) is 0. The fourth-order valence-electron chi connectivity index (χ4n) is 1.31. The summed E-state index contributed by atoms with van der Waals surface area (Å²) in [4.78, 5) is 0.203. The highest BCUT2D eigenvalue weighted by molar-refractivity contribution is 7.80. The molecule has 1 aromatic carbocycles. The number of thiocarbonyl (C=S) groups is 1. The van der Waals surface area contributed by atoms with Crippen LogP contribution in [0.5, 0.6) is 0 Å².